The number of nitrogens with zero attached hydrogens (tertiary/aromatic N) is 5. The quantitative estimate of drug-likeness (QED) is 0.0991. The molecule has 1 heterocycles. The topological polar surface area (TPSA) is 84.6 Å². The molecule has 1 N–H and O–H groups in total. The van der Waals surface area contributed by atoms with E-state index < -0.39 is 16.2 Å². The van der Waals surface area contributed by atoms with Gasteiger partial charge in [0.25, 0.3) is 0 Å². The smallest absolute Gasteiger partial charge is 0.406 e. The minimum atomic E-state index is -4.76. The molecule has 8 nitrogen and oxygen atoms in total. The van der Waals surface area contributed by atoms with Crippen molar-refractivity contribution in [3.05, 3.63) is 89.7 Å². The van der Waals surface area contributed by atoms with E-state index in [1.807, 2.05) is 48.4 Å². The highest BCUT2D eigenvalue weighted by Gasteiger charge is 2.31. The van der Waals surface area contributed by atoms with Gasteiger partial charge in [-0.05, 0) is 72.5 Å². The second-order valence-corrected chi connectivity index (χ2v) is 14.4. The van der Waals surface area contributed by atoms with Crippen molar-refractivity contribution in [3.8, 4) is 22.8 Å². The van der Waals surface area contributed by atoms with E-state index >= 15 is 0 Å². The number of anilines is 1. The molecule has 0 unspecified atom stereocenters. The molecule has 0 aliphatic rings. The molecule has 0 bridgehead atoms. The van der Waals surface area contributed by atoms with Gasteiger partial charge in [0.05, 0.1) is 5.69 Å². The third kappa shape index (κ3) is 11.0. The zero-order valence-electron chi connectivity index (χ0n) is 26.6. The predicted octanol–water partition coefficient (Wildman–Crippen LogP) is 9.50. The van der Waals surface area contributed by atoms with Gasteiger partial charge in [0, 0.05) is 30.8 Å². The summed E-state index contributed by atoms with van der Waals surface area (Å²) in [5.74, 6) is 0.336. The van der Waals surface area contributed by atoms with Gasteiger partial charge in [-0.1, -0.05) is 96.8 Å². The number of amides is 2. The fraction of sp³-hybridized carbons (Fsp3) is 0.333. The van der Waals surface area contributed by atoms with E-state index in [1.54, 1.807) is 0 Å². The van der Waals surface area contributed by atoms with Gasteiger partial charge in [0.15, 0.2) is 14.8 Å². The Morgan fingerprint density at radius 2 is 1.75 bits per heavy atom. The Hall–Kier alpha value is -3.45. The van der Waals surface area contributed by atoms with Gasteiger partial charge in [-0.15, -0.1) is 18.3 Å². The summed E-state index contributed by atoms with van der Waals surface area (Å²) in [4.78, 5) is 23.6. The number of halogens is 6. The van der Waals surface area contributed by atoms with Gasteiger partial charge < -0.3 is 15.0 Å². The molecule has 4 aromatic rings. The first-order chi connectivity index (χ1) is 22.6. The number of carbonyl (C=O) groups excluding carboxylic acids is 1. The number of hydrogen-bond acceptors (Lipinski definition) is 5. The molecule has 4 rings (SSSR count). The summed E-state index contributed by atoms with van der Waals surface area (Å²) in [5, 5.41) is 7.78. The van der Waals surface area contributed by atoms with Gasteiger partial charge in [-0.3, -0.25) is 0 Å². The monoisotopic (exact) mass is 740 g/mol. The molecule has 2 amide bonds. The Morgan fingerprint density at radius 1 is 1.06 bits per heavy atom. The lowest BCUT2D eigenvalue weighted by Gasteiger charge is -2.30. The van der Waals surface area contributed by atoms with Gasteiger partial charge >= 0.3 is 12.4 Å². The average molecular weight is 742 g/mol. The van der Waals surface area contributed by atoms with E-state index in [4.69, 9.17) is 34.8 Å². The summed E-state index contributed by atoms with van der Waals surface area (Å²) in [5.41, 5.74) is 5.30. The molecular formula is C33H34Cl3F3N6O2S. The van der Waals surface area contributed by atoms with Gasteiger partial charge in [-0.2, -0.15) is 4.99 Å². The van der Waals surface area contributed by atoms with Crippen LogP contribution >= 0.6 is 46.6 Å². The predicted molar refractivity (Wildman–Crippen MR) is 189 cm³/mol. The molecule has 0 spiro atoms. The van der Waals surface area contributed by atoms with Crippen LogP contribution in [0.25, 0.3) is 17.1 Å². The number of urea groups is 1. The van der Waals surface area contributed by atoms with Crippen LogP contribution in [-0.2, 0) is 6.42 Å². The number of rotatable bonds is 10. The molecule has 0 atom stereocenters. The third-order valence-corrected chi connectivity index (χ3v) is 8.30. The highest BCUT2D eigenvalue weighted by atomic mass is 35.6. The van der Waals surface area contributed by atoms with Crippen LogP contribution in [0.5, 0.6) is 5.75 Å². The number of aryl methyl sites for hydroxylation is 1. The van der Waals surface area contributed by atoms with Crippen LogP contribution in [0.2, 0.25) is 0 Å². The van der Waals surface area contributed by atoms with Crippen LogP contribution in [0.1, 0.15) is 42.9 Å². The summed E-state index contributed by atoms with van der Waals surface area (Å²) >= 11 is 19.7. The number of nitrogens with one attached hydrogen (secondary N) is 1. The zero-order valence-corrected chi connectivity index (χ0v) is 29.6. The average Bonchev–Trinajstić information content (AvgIpc) is 3.50. The van der Waals surface area contributed by atoms with Crippen molar-refractivity contribution in [2.24, 2.45) is 4.99 Å². The third-order valence-electron chi connectivity index (χ3n) is 7.06. The lowest BCUT2D eigenvalue weighted by molar-refractivity contribution is -0.274. The van der Waals surface area contributed by atoms with Crippen molar-refractivity contribution < 1.29 is 22.7 Å². The minimum Gasteiger partial charge on any atom is -0.406 e. The Labute approximate surface area is 296 Å². The SMILES string of the molecule is CSC(=NC(=O)NCCc1ccc(-c2ncn(-c3ccc(OC(F)(F)F)cc3)n2)cc1)N(CCC(Cl)(Cl)Cl)c1cc(C)ccc1C(C)C. The van der Waals surface area contributed by atoms with Crippen molar-refractivity contribution in [2.45, 2.75) is 49.7 Å². The molecule has 3 aromatic carbocycles. The van der Waals surface area contributed by atoms with Crippen LogP contribution in [0.15, 0.2) is 78.0 Å². The number of thioether (sulfide) groups is 1. The normalized spacial score (nSPS) is 12.4. The molecular weight excluding hydrogens is 708 g/mol. The maximum Gasteiger partial charge on any atom is 0.573 e. The van der Waals surface area contributed by atoms with E-state index in [-0.39, 0.29) is 18.1 Å². The van der Waals surface area contributed by atoms with E-state index in [2.05, 4.69) is 51.1 Å². The Morgan fingerprint density at radius 3 is 2.35 bits per heavy atom. The zero-order chi connectivity index (χ0) is 35.1. The second kappa shape index (κ2) is 16.3. The molecule has 1 aromatic heterocycles. The number of ether oxygens (including phenoxy) is 1. The fourth-order valence-electron chi connectivity index (χ4n) is 4.73. The number of hydrogen-bond donors (Lipinski definition) is 1. The maximum atomic E-state index is 13.0. The highest BCUT2D eigenvalue weighted by Crippen LogP contribution is 2.35. The highest BCUT2D eigenvalue weighted by molar-refractivity contribution is 8.13. The number of aromatic nitrogens is 3. The van der Waals surface area contributed by atoms with Crippen molar-refractivity contribution in [1.82, 2.24) is 20.1 Å². The Balaban J connectivity index is 1.39. The molecule has 0 fully saturated rings. The first kappa shape index (κ1) is 37.4. The van der Waals surface area contributed by atoms with Crippen LogP contribution in [0.4, 0.5) is 23.7 Å². The first-order valence-electron chi connectivity index (χ1n) is 14.8. The molecule has 0 saturated carbocycles. The molecule has 48 heavy (non-hydrogen) atoms. The standard InChI is InChI=1S/C33H34Cl3F3N6O2S/c1-21(2)27-14-5-22(3)19-28(27)44(18-16-32(34,35)36)31(48-4)42-30(46)40-17-15-23-6-8-24(9-7-23)29-41-20-45(43-29)25-10-12-26(13-11-25)47-33(37,38)39/h5-14,19-21H,15-18H2,1-4H3,(H,40,46). The van der Waals surface area contributed by atoms with Crippen LogP contribution < -0.4 is 15.0 Å². The van der Waals surface area contributed by atoms with Crippen LogP contribution in [0, 0.1) is 6.92 Å². The van der Waals surface area contributed by atoms with Crippen molar-refractivity contribution in [3.63, 3.8) is 0 Å². The molecule has 15 heteroatoms. The van der Waals surface area contributed by atoms with Crippen molar-refractivity contribution in [1.29, 1.82) is 0 Å². The molecule has 0 aliphatic heterocycles. The van der Waals surface area contributed by atoms with Gasteiger partial charge in [0.1, 0.15) is 12.1 Å². The van der Waals surface area contributed by atoms with E-state index in [9.17, 15) is 18.0 Å². The van der Waals surface area contributed by atoms with Gasteiger partial charge in [-0.25, -0.2) is 14.5 Å². The van der Waals surface area contributed by atoms with Crippen molar-refractivity contribution in [2.75, 3.05) is 24.2 Å². The summed E-state index contributed by atoms with van der Waals surface area (Å²) in [6.45, 7) is 6.89. The molecule has 0 saturated heterocycles. The lowest BCUT2D eigenvalue weighted by atomic mass is 9.98. The number of carbonyl (C=O) groups is 1. The number of alkyl halides is 6. The van der Waals surface area contributed by atoms with E-state index in [0.717, 1.165) is 27.9 Å². The summed E-state index contributed by atoms with van der Waals surface area (Å²) in [6.07, 6.45) is -0.659. The molecule has 0 aliphatic carbocycles. The van der Waals surface area contributed by atoms with Crippen LogP contribution in [0.3, 0.4) is 0 Å². The Bertz CT molecular complexity index is 1710. The summed E-state index contributed by atoms with van der Waals surface area (Å²) < 4.78 is 41.2. The number of amidine groups is 1. The number of aliphatic imine (C=N–C) groups is 1. The molecule has 0 radical (unpaired) electrons. The molecule has 256 valence electrons. The number of benzene rings is 3. The van der Waals surface area contributed by atoms with Gasteiger partial charge in [0.2, 0.25) is 0 Å². The largest absolute Gasteiger partial charge is 0.573 e. The van der Waals surface area contributed by atoms with Crippen LogP contribution in [-0.4, -0.2) is 55.5 Å². The first-order valence-corrected chi connectivity index (χ1v) is 17.2. The minimum absolute atomic E-state index is 0.216. The summed E-state index contributed by atoms with van der Waals surface area (Å²) in [7, 11) is 0. The fourth-order valence-corrected chi connectivity index (χ4v) is 5.57. The van der Waals surface area contributed by atoms with E-state index in [1.165, 1.54) is 47.0 Å². The summed E-state index contributed by atoms with van der Waals surface area (Å²) in [6, 6.07) is 18.5. The van der Waals surface area contributed by atoms with E-state index in [0.29, 0.717) is 36.2 Å². The lowest BCUT2D eigenvalue weighted by Crippen LogP contribution is -2.35. The Kier molecular flexibility index (Phi) is 12.7. The maximum absolute atomic E-state index is 13.0. The van der Waals surface area contributed by atoms with Crippen molar-refractivity contribution >= 4 is 63.5 Å². The second-order valence-electron chi connectivity index (χ2n) is 11.1.